The van der Waals surface area contributed by atoms with Crippen LogP contribution in [-0.4, -0.2) is 36.6 Å². The van der Waals surface area contributed by atoms with Crippen molar-refractivity contribution >= 4 is 44.4 Å². The lowest BCUT2D eigenvalue weighted by Crippen LogP contribution is -2.13. The lowest BCUT2D eigenvalue weighted by Gasteiger charge is -2.11. The topological polar surface area (TPSA) is 63.9 Å². The number of halogens is 1. The van der Waals surface area contributed by atoms with Gasteiger partial charge in [0.2, 0.25) is 4.80 Å². The van der Waals surface area contributed by atoms with Gasteiger partial charge in [-0.15, -0.1) is 11.3 Å². The first-order valence-corrected chi connectivity index (χ1v) is 11.6. The maximum absolute atomic E-state index is 5.61. The number of rotatable bonds is 7. The number of aromatic nitrogens is 2. The van der Waals surface area contributed by atoms with Gasteiger partial charge in [0, 0.05) is 38.1 Å². The number of thiazole rings is 1. The predicted octanol–water partition coefficient (Wildman–Crippen LogP) is 5.84. The average molecular weight is 511 g/mol. The molecule has 0 spiro atoms. The Balaban J connectivity index is 1.87. The fourth-order valence-corrected chi connectivity index (χ4v) is 4.45. The molecule has 1 N–H and O–H groups in total. The van der Waals surface area contributed by atoms with Crippen molar-refractivity contribution in [3.63, 3.8) is 0 Å². The number of benzene rings is 2. The van der Waals surface area contributed by atoms with Crippen LogP contribution >= 0.6 is 27.3 Å². The van der Waals surface area contributed by atoms with Gasteiger partial charge in [-0.2, -0.15) is 5.10 Å². The first-order valence-electron chi connectivity index (χ1n) is 9.89. The van der Waals surface area contributed by atoms with Gasteiger partial charge in [0.15, 0.2) is 0 Å². The van der Waals surface area contributed by atoms with Gasteiger partial charge in [-0.05, 0) is 43.3 Å². The molecule has 6 nitrogen and oxygen atoms in total. The van der Waals surface area contributed by atoms with Crippen molar-refractivity contribution in [2.75, 3.05) is 20.8 Å². The average Bonchev–Trinajstić information content (AvgIpc) is 3.38. The molecule has 2 aromatic heterocycles. The SMILES string of the molecule is C=C(C)CN=c1scc(-c2cc(OC)ccc2OC)n1N=Cc1c[nH]c2ccc(Br)cc12. The van der Waals surface area contributed by atoms with Crippen LogP contribution in [0.5, 0.6) is 11.5 Å². The molecule has 32 heavy (non-hydrogen) atoms. The molecular formula is C24H23BrN4O2S. The Kier molecular flexibility index (Phi) is 6.62. The molecule has 2 aromatic carbocycles. The molecule has 164 valence electrons. The first kappa shape index (κ1) is 22.1. The van der Waals surface area contributed by atoms with Crippen LogP contribution in [0.2, 0.25) is 0 Å². The van der Waals surface area contributed by atoms with E-state index in [-0.39, 0.29) is 0 Å². The van der Waals surface area contributed by atoms with E-state index in [1.54, 1.807) is 14.2 Å². The Morgan fingerprint density at radius 1 is 1.22 bits per heavy atom. The number of nitrogens with zero attached hydrogens (tertiary/aromatic N) is 3. The van der Waals surface area contributed by atoms with E-state index in [4.69, 9.17) is 19.6 Å². The van der Waals surface area contributed by atoms with E-state index < -0.39 is 0 Å². The minimum atomic E-state index is 0.532. The van der Waals surface area contributed by atoms with Crippen molar-refractivity contribution in [2.45, 2.75) is 6.92 Å². The summed E-state index contributed by atoms with van der Waals surface area (Å²) in [6.07, 6.45) is 3.79. The predicted molar refractivity (Wildman–Crippen MR) is 135 cm³/mol. The second-order valence-electron chi connectivity index (χ2n) is 7.23. The molecule has 0 saturated heterocycles. The van der Waals surface area contributed by atoms with E-state index in [0.29, 0.717) is 6.54 Å². The molecule has 0 bridgehead atoms. The van der Waals surface area contributed by atoms with Crippen LogP contribution in [0, 0.1) is 0 Å². The van der Waals surface area contributed by atoms with Gasteiger partial charge >= 0.3 is 0 Å². The summed E-state index contributed by atoms with van der Waals surface area (Å²) in [5, 5.41) is 7.93. The highest BCUT2D eigenvalue weighted by Crippen LogP contribution is 2.33. The monoisotopic (exact) mass is 510 g/mol. The zero-order valence-electron chi connectivity index (χ0n) is 18.1. The third-order valence-corrected chi connectivity index (χ3v) is 6.19. The zero-order valence-corrected chi connectivity index (χ0v) is 20.5. The summed E-state index contributed by atoms with van der Waals surface area (Å²) in [5.74, 6) is 1.47. The quantitative estimate of drug-likeness (QED) is 0.251. The van der Waals surface area contributed by atoms with Crippen molar-refractivity contribution in [2.24, 2.45) is 10.1 Å². The standard InChI is InChI=1S/C24H23BrN4O2S/c1-15(2)11-27-24-29(28-13-16-12-26-21-7-5-17(25)9-19(16)21)22(14-32-24)20-10-18(30-3)6-8-23(20)31-4/h5-10,12-14,26H,1,11H2,2-4H3. The summed E-state index contributed by atoms with van der Waals surface area (Å²) in [5.41, 5.74) is 4.75. The molecule has 0 aliphatic heterocycles. The van der Waals surface area contributed by atoms with Gasteiger partial charge < -0.3 is 14.5 Å². The largest absolute Gasteiger partial charge is 0.497 e. The minimum Gasteiger partial charge on any atom is -0.497 e. The fraction of sp³-hybridized carbons (Fsp3) is 0.167. The Morgan fingerprint density at radius 3 is 2.81 bits per heavy atom. The molecule has 4 aromatic rings. The molecule has 0 fully saturated rings. The van der Waals surface area contributed by atoms with Gasteiger partial charge in [-0.1, -0.05) is 28.1 Å². The maximum Gasteiger partial charge on any atom is 0.206 e. The molecule has 8 heteroatoms. The second kappa shape index (κ2) is 9.58. The number of ether oxygens (including phenoxy) is 2. The Bertz CT molecular complexity index is 1380. The summed E-state index contributed by atoms with van der Waals surface area (Å²) < 4.78 is 13.9. The van der Waals surface area contributed by atoms with E-state index in [2.05, 4.69) is 33.6 Å². The molecule has 4 rings (SSSR count). The summed E-state index contributed by atoms with van der Waals surface area (Å²) >= 11 is 5.07. The van der Waals surface area contributed by atoms with Gasteiger partial charge in [0.05, 0.1) is 32.7 Å². The van der Waals surface area contributed by atoms with Gasteiger partial charge in [-0.25, -0.2) is 4.68 Å². The molecule has 0 atom stereocenters. The molecule has 2 heterocycles. The molecule has 0 saturated carbocycles. The second-order valence-corrected chi connectivity index (χ2v) is 8.99. The molecule has 0 unspecified atom stereocenters. The molecule has 0 amide bonds. The summed E-state index contributed by atoms with van der Waals surface area (Å²) in [6, 6.07) is 11.8. The fourth-order valence-electron chi connectivity index (χ4n) is 3.26. The summed E-state index contributed by atoms with van der Waals surface area (Å²) in [4.78, 5) is 8.77. The molecule has 0 aliphatic carbocycles. The lowest BCUT2D eigenvalue weighted by molar-refractivity contribution is 0.404. The summed E-state index contributed by atoms with van der Waals surface area (Å²) in [7, 11) is 3.30. The van der Waals surface area contributed by atoms with E-state index in [1.165, 1.54) is 11.3 Å². The highest BCUT2D eigenvalue weighted by atomic mass is 79.9. The van der Waals surface area contributed by atoms with Crippen LogP contribution in [-0.2, 0) is 0 Å². The molecular weight excluding hydrogens is 488 g/mol. The Morgan fingerprint density at radius 2 is 2.06 bits per heavy atom. The maximum atomic E-state index is 5.61. The molecule has 0 radical (unpaired) electrons. The molecule has 0 aliphatic rings. The minimum absolute atomic E-state index is 0.532. The van der Waals surface area contributed by atoms with Crippen LogP contribution in [0.3, 0.4) is 0 Å². The number of hydrogen-bond acceptors (Lipinski definition) is 5. The highest BCUT2D eigenvalue weighted by molar-refractivity contribution is 9.10. The van der Waals surface area contributed by atoms with Crippen LogP contribution < -0.4 is 14.3 Å². The number of H-pyrrole nitrogens is 1. The number of fused-ring (bicyclic) bond motifs is 1. The van der Waals surface area contributed by atoms with Crippen LogP contribution in [0.1, 0.15) is 12.5 Å². The van der Waals surface area contributed by atoms with Crippen molar-refractivity contribution < 1.29 is 9.47 Å². The van der Waals surface area contributed by atoms with Crippen molar-refractivity contribution in [1.82, 2.24) is 9.66 Å². The van der Waals surface area contributed by atoms with E-state index in [0.717, 1.165) is 54.1 Å². The van der Waals surface area contributed by atoms with Crippen LogP contribution in [0.25, 0.3) is 22.2 Å². The zero-order chi connectivity index (χ0) is 22.7. The normalized spacial score (nSPS) is 12.1. The van der Waals surface area contributed by atoms with Crippen molar-refractivity contribution in [1.29, 1.82) is 0 Å². The number of aromatic amines is 1. The summed E-state index contributed by atoms with van der Waals surface area (Å²) in [6.45, 7) is 6.45. The first-order chi connectivity index (χ1) is 15.5. The van der Waals surface area contributed by atoms with Crippen molar-refractivity contribution in [3.8, 4) is 22.8 Å². The van der Waals surface area contributed by atoms with Gasteiger partial charge in [-0.3, -0.25) is 4.99 Å². The van der Waals surface area contributed by atoms with E-state index >= 15 is 0 Å². The van der Waals surface area contributed by atoms with E-state index in [9.17, 15) is 0 Å². The van der Waals surface area contributed by atoms with Crippen molar-refractivity contribution in [3.05, 3.63) is 75.0 Å². The third-order valence-electron chi connectivity index (χ3n) is 4.84. The lowest BCUT2D eigenvalue weighted by atomic mass is 10.1. The van der Waals surface area contributed by atoms with Gasteiger partial charge in [0.1, 0.15) is 11.5 Å². The highest BCUT2D eigenvalue weighted by Gasteiger charge is 2.14. The smallest absolute Gasteiger partial charge is 0.206 e. The van der Waals surface area contributed by atoms with E-state index in [1.807, 2.05) is 59.7 Å². The number of hydrogen-bond donors (Lipinski definition) is 1. The van der Waals surface area contributed by atoms with Crippen LogP contribution in [0.15, 0.2) is 74.7 Å². The number of methoxy groups -OCH3 is 2. The van der Waals surface area contributed by atoms with Crippen LogP contribution in [0.4, 0.5) is 0 Å². The Labute approximate surface area is 198 Å². The Hall–Kier alpha value is -3.10. The van der Waals surface area contributed by atoms with Gasteiger partial charge in [0.25, 0.3) is 0 Å². The number of nitrogens with one attached hydrogen (secondary N) is 1. The third kappa shape index (κ3) is 4.56.